The lowest BCUT2D eigenvalue weighted by Gasteiger charge is -2.15. The number of fused-ring (bicyclic) bond motifs is 7. The number of rotatable bonds is 3. The zero-order valence-corrected chi connectivity index (χ0v) is 24.5. The number of aromatic nitrogens is 1. The second-order valence-electron chi connectivity index (χ2n) is 9.89. The molecule has 0 radical (unpaired) electrons. The van der Waals surface area contributed by atoms with Crippen LogP contribution in [0.2, 0.25) is 0 Å². The minimum Gasteiger partial charge on any atom is -0.333 e. The van der Waals surface area contributed by atoms with E-state index in [-0.39, 0.29) is 0 Å². The Morgan fingerprint density at radius 3 is 2.00 bits per heavy atom. The summed E-state index contributed by atoms with van der Waals surface area (Å²) in [7, 11) is 0. The van der Waals surface area contributed by atoms with E-state index >= 15 is 0 Å². The largest absolute Gasteiger partial charge is 0.333 e. The van der Waals surface area contributed by atoms with Crippen molar-refractivity contribution >= 4 is 55.4 Å². The van der Waals surface area contributed by atoms with Crippen LogP contribution in [0, 0.1) is 5.92 Å². The average Bonchev–Trinajstić information content (AvgIpc) is 3.60. The number of hydrogen-bond donors (Lipinski definition) is 0. The van der Waals surface area contributed by atoms with Crippen molar-refractivity contribution in [2.75, 3.05) is 0 Å². The Morgan fingerprint density at radius 2 is 1.37 bits per heavy atom. The standard InChI is InChI=1S/C29H23N.C4H10.2C2H6/c1-3-22-26(4-2)30(21-10-6-7-11-21)27-18-15-20-14-16-24-23-12-8-5-9-19(23)13-17-25(24)28(20)29(22)27;1-4(2)3;2*1-2/h3-6,8-10,12-18,21H,1-2,7,11H2;4H,1-3H3;2*1-2H3. The molecule has 0 fully saturated rings. The summed E-state index contributed by atoms with van der Waals surface area (Å²) in [5.74, 6) is 0.833. The third-order valence-electron chi connectivity index (χ3n) is 6.67. The normalized spacial score (nSPS) is 14.1. The van der Waals surface area contributed by atoms with Crippen molar-refractivity contribution < 1.29 is 0 Å². The van der Waals surface area contributed by atoms with E-state index in [1.54, 1.807) is 0 Å². The Morgan fingerprint density at radius 1 is 0.737 bits per heavy atom. The minimum atomic E-state index is 0.377. The molecule has 198 valence electrons. The van der Waals surface area contributed by atoms with E-state index in [1.807, 2.05) is 39.8 Å². The average molecular weight is 504 g/mol. The predicted molar refractivity (Wildman–Crippen MR) is 175 cm³/mol. The van der Waals surface area contributed by atoms with Gasteiger partial charge in [0.15, 0.2) is 0 Å². The highest BCUT2D eigenvalue weighted by molar-refractivity contribution is 6.26. The smallest absolute Gasteiger partial charge is 0.0525 e. The van der Waals surface area contributed by atoms with Crippen LogP contribution in [0.15, 0.2) is 86.0 Å². The molecular formula is C37H45N. The Balaban J connectivity index is 0.000000452. The molecular weight excluding hydrogens is 458 g/mol. The molecule has 1 aliphatic carbocycles. The first-order valence-corrected chi connectivity index (χ1v) is 14.4. The molecule has 1 unspecified atom stereocenters. The fourth-order valence-corrected chi connectivity index (χ4v) is 5.37. The van der Waals surface area contributed by atoms with Crippen LogP contribution < -0.4 is 0 Å². The zero-order chi connectivity index (χ0) is 27.8. The van der Waals surface area contributed by atoms with Crippen molar-refractivity contribution in [1.82, 2.24) is 4.57 Å². The first-order chi connectivity index (χ1) is 18.5. The number of hydrogen-bond acceptors (Lipinski definition) is 0. The van der Waals surface area contributed by atoms with Crippen molar-refractivity contribution in [2.24, 2.45) is 5.92 Å². The quantitative estimate of drug-likeness (QED) is 0.170. The molecule has 0 saturated carbocycles. The highest BCUT2D eigenvalue weighted by atomic mass is 15.0. The number of allylic oxidation sites excluding steroid dienone is 2. The molecule has 0 saturated heterocycles. The third kappa shape index (κ3) is 5.34. The fourth-order valence-electron chi connectivity index (χ4n) is 5.37. The van der Waals surface area contributed by atoms with Crippen LogP contribution in [-0.2, 0) is 0 Å². The Labute approximate surface area is 230 Å². The fraction of sp³-hybridized carbons (Fsp3) is 0.297. The zero-order valence-electron chi connectivity index (χ0n) is 24.5. The van der Waals surface area contributed by atoms with Crippen LogP contribution >= 0.6 is 0 Å². The third-order valence-corrected chi connectivity index (χ3v) is 6.67. The van der Waals surface area contributed by atoms with E-state index in [9.17, 15) is 0 Å². The second kappa shape index (κ2) is 13.3. The van der Waals surface area contributed by atoms with Gasteiger partial charge in [0.05, 0.1) is 11.6 Å². The molecule has 4 aromatic carbocycles. The van der Waals surface area contributed by atoms with Gasteiger partial charge in [0, 0.05) is 16.6 Å². The highest BCUT2D eigenvalue weighted by Crippen LogP contribution is 2.42. The summed E-state index contributed by atoms with van der Waals surface area (Å²) in [6.45, 7) is 22.8. The Kier molecular flexibility index (Phi) is 10.1. The summed E-state index contributed by atoms with van der Waals surface area (Å²) in [4.78, 5) is 0. The van der Waals surface area contributed by atoms with Gasteiger partial charge >= 0.3 is 0 Å². The van der Waals surface area contributed by atoms with Gasteiger partial charge in [-0.1, -0.05) is 134 Å². The van der Waals surface area contributed by atoms with Gasteiger partial charge in [-0.15, -0.1) is 0 Å². The van der Waals surface area contributed by atoms with Crippen LogP contribution in [0.4, 0.5) is 0 Å². The maximum absolute atomic E-state index is 4.19. The molecule has 0 N–H and O–H groups in total. The molecule has 0 spiro atoms. The van der Waals surface area contributed by atoms with Crippen molar-refractivity contribution in [3.05, 3.63) is 97.2 Å². The van der Waals surface area contributed by atoms with E-state index in [4.69, 9.17) is 0 Å². The minimum absolute atomic E-state index is 0.377. The molecule has 38 heavy (non-hydrogen) atoms. The van der Waals surface area contributed by atoms with Gasteiger partial charge < -0.3 is 4.57 Å². The maximum atomic E-state index is 4.19. The molecule has 1 aliphatic rings. The van der Waals surface area contributed by atoms with E-state index in [1.165, 1.54) is 54.5 Å². The van der Waals surface area contributed by atoms with E-state index in [0.29, 0.717) is 6.04 Å². The van der Waals surface area contributed by atoms with E-state index in [0.717, 1.165) is 18.8 Å². The monoisotopic (exact) mass is 503 g/mol. The SMILES string of the molecule is C=Cc1c(C=C)n(C2C=CCC2)c2ccc3ccc4c5ccccc5ccc4c3c12.CC.CC.CC(C)C. The summed E-state index contributed by atoms with van der Waals surface area (Å²) in [5.41, 5.74) is 3.62. The maximum Gasteiger partial charge on any atom is 0.0525 e. The molecule has 0 amide bonds. The highest BCUT2D eigenvalue weighted by Gasteiger charge is 2.22. The summed E-state index contributed by atoms with van der Waals surface area (Å²) in [6.07, 6.45) is 10.9. The molecule has 1 nitrogen and oxygen atoms in total. The van der Waals surface area contributed by atoms with Gasteiger partial charge in [-0.2, -0.15) is 0 Å². The summed E-state index contributed by atoms with van der Waals surface area (Å²) >= 11 is 0. The first kappa shape index (κ1) is 29.0. The summed E-state index contributed by atoms with van der Waals surface area (Å²) in [6, 6.07) is 22.6. The van der Waals surface area contributed by atoms with Gasteiger partial charge in [-0.25, -0.2) is 0 Å². The lowest BCUT2D eigenvalue weighted by Crippen LogP contribution is -2.05. The predicted octanol–water partition coefficient (Wildman–Crippen LogP) is 12.0. The molecule has 1 heterocycles. The van der Waals surface area contributed by atoms with E-state index in [2.05, 4.69) is 111 Å². The topological polar surface area (TPSA) is 4.93 Å². The van der Waals surface area contributed by atoms with Crippen LogP contribution in [0.1, 0.15) is 78.6 Å². The molecule has 5 aromatic rings. The van der Waals surface area contributed by atoms with Crippen molar-refractivity contribution in [3.8, 4) is 0 Å². The van der Waals surface area contributed by atoms with Gasteiger partial charge in [0.2, 0.25) is 0 Å². The molecule has 0 aliphatic heterocycles. The molecule has 1 heteroatoms. The number of benzene rings is 4. The van der Waals surface area contributed by atoms with Gasteiger partial charge in [-0.3, -0.25) is 0 Å². The van der Waals surface area contributed by atoms with Gasteiger partial charge in [0.25, 0.3) is 0 Å². The second-order valence-corrected chi connectivity index (χ2v) is 9.89. The van der Waals surface area contributed by atoms with Crippen molar-refractivity contribution in [3.63, 3.8) is 0 Å². The summed E-state index contributed by atoms with van der Waals surface area (Å²) < 4.78 is 2.46. The molecule has 0 bridgehead atoms. The Hall–Kier alpha value is -3.58. The Bertz CT molecular complexity index is 1570. The van der Waals surface area contributed by atoms with Crippen LogP contribution in [0.3, 0.4) is 0 Å². The van der Waals surface area contributed by atoms with E-state index < -0.39 is 0 Å². The van der Waals surface area contributed by atoms with Crippen molar-refractivity contribution in [1.29, 1.82) is 0 Å². The molecule has 6 rings (SSSR count). The van der Waals surface area contributed by atoms with Gasteiger partial charge in [-0.05, 0) is 63.2 Å². The van der Waals surface area contributed by atoms with Crippen LogP contribution in [0.25, 0.3) is 55.4 Å². The lowest BCUT2D eigenvalue weighted by molar-refractivity contribution is 0.606. The molecule has 1 aromatic heterocycles. The molecule has 1 atom stereocenters. The van der Waals surface area contributed by atoms with Gasteiger partial charge in [0.1, 0.15) is 0 Å². The first-order valence-electron chi connectivity index (χ1n) is 14.4. The lowest BCUT2D eigenvalue weighted by atomic mass is 9.94. The van der Waals surface area contributed by atoms with Crippen LogP contribution in [-0.4, -0.2) is 4.57 Å². The summed E-state index contributed by atoms with van der Waals surface area (Å²) in [5, 5.41) is 9.06. The van der Waals surface area contributed by atoms with Crippen molar-refractivity contribution in [2.45, 2.75) is 67.3 Å². The number of nitrogens with zero attached hydrogens (tertiary/aromatic N) is 1. The van der Waals surface area contributed by atoms with Crippen LogP contribution in [0.5, 0.6) is 0 Å².